The summed E-state index contributed by atoms with van der Waals surface area (Å²) in [5.74, 6) is 0.941. The molecule has 0 fully saturated rings. The first-order valence-electron chi connectivity index (χ1n) is 4.97. The maximum atomic E-state index is 11.0. The number of rotatable bonds is 2. The smallest absolute Gasteiger partial charge is 0.313 e. The lowest BCUT2D eigenvalue weighted by Crippen LogP contribution is -2.21. The lowest BCUT2D eigenvalue weighted by Gasteiger charge is -2.20. The van der Waals surface area contributed by atoms with Crippen molar-refractivity contribution >= 4 is 11.9 Å². The molecule has 1 N–H and O–H groups in total. The Balaban J connectivity index is 2.18. The second-order valence-corrected chi connectivity index (χ2v) is 3.61. The van der Waals surface area contributed by atoms with E-state index in [1.807, 2.05) is 4.68 Å². The summed E-state index contributed by atoms with van der Waals surface area (Å²) < 4.78 is 6.39. The number of carbonyl (C=O) groups is 1. The Bertz CT molecular complexity index is 374. The molecule has 1 aromatic rings. The monoisotopic (exact) mass is 210 g/mol. The van der Waals surface area contributed by atoms with Crippen LogP contribution in [-0.4, -0.2) is 34.4 Å². The number of hydrogen-bond acceptors (Lipinski definition) is 5. The van der Waals surface area contributed by atoms with Crippen molar-refractivity contribution in [1.82, 2.24) is 14.8 Å². The van der Waals surface area contributed by atoms with Gasteiger partial charge in [0.05, 0.1) is 13.2 Å². The summed E-state index contributed by atoms with van der Waals surface area (Å²) in [6.07, 6.45) is 1.15. The van der Waals surface area contributed by atoms with Gasteiger partial charge in [0.25, 0.3) is 0 Å². The highest BCUT2D eigenvalue weighted by Gasteiger charge is 2.20. The van der Waals surface area contributed by atoms with Crippen molar-refractivity contribution in [3.8, 4) is 0 Å². The van der Waals surface area contributed by atoms with Gasteiger partial charge < -0.3 is 10.1 Å². The van der Waals surface area contributed by atoms with Crippen LogP contribution >= 0.6 is 0 Å². The van der Waals surface area contributed by atoms with Gasteiger partial charge in [0.15, 0.2) is 5.82 Å². The fourth-order valence-corrected chi connectivity index (χ4v) is 1.59. The minimum Gasteiger partial charge on any atom is -0.469 e. The van der Waals surface area contributed by atoms with Gasteiger partial charge in [0.1, 0.15) is 6.42 Å². The van der Waals surface area contributed by atoms with Crippen molar-refractivity contribution in [3.63, 3.8) is 0 Å². The number of ether oxygens (including phenoxy) is 1. The average molecular weight is 210 g/mol. The normalized spacial score (nSPS) is 19.2. The van der Waals surface area contributed by atoms with Gasteiger partial charge in [-0.15, -0.1) is 0 Å². The molecule has 2 heterocycles. The van der Waals surface area contributed by atoms with Crippen LogP contribution in [0.3, 0.4) is 0 Å². The summed E-state index contributed by atoms with van der Waals surface area (Å²) in [7, 11) is 1.36. The molecular formula is C9H14N4O2. The Morgan fingerprint density at radius 3 is 3.20 bits per heavy atom. The third-order valence-corrected chi connectivity index (χ3v) is 2.47. The van der Waals surface area contributed by atoms with Gasteiger partial charge in [-0.3, -0.25) is 4.79 Å². The van der Waals surface area contributed by atoms with E-state index in [9.17, 15) is 4.79 Å². The minimum atomic E-state index is -0.314. The highest BCUT2D eigenvalue weighted by molar-refractivity contribution is 5.71. The number of fused-ring (bicyclic) bond motifs is 1. The van der Waals surface area contributed by atoms with E-state index in [-0.39, 0.29) is 12.4 Å². The van der Waals surface area contributed by atoms with Crippen LogP contribution in [0.4, 0.5) is 5.95 Å². The van der Waals surface area contributed by atoms with Gasteiger partial charge in [-0.05, 0) is 13.3 Å². The third kappa shape index (κ3) is 1.93. The Morgan fingerprint density at radius 1 is 1.73 bits per heavy atom. The number of nitrogens with one attached hydrogen (secondary N) is 1. The van der Waals surface area contributed by atoms with Gasteiger partial charge in [-0.1, -0.05) is 0 Å². The zero-order valence-electron chi connectivity index (χ0n) is 8.86. The van der Waals surface area contributed by atoms with Crippen LogP contribution in [0, 0.1) is 0 Å². The average Bonchev–Trinajstić information content (AvgIpc) is 2.62. The molecule has 0 aliphatic carbocycles. The second-order valence-electron chi connectivity index (χ2n) is 3.61. The van der Waals surface area contributed by atoms with Crippen molar-refractivity contribution in [1.29, 1.82) is 0 Å². The second kappa shape index (κ2) is 3.88. The van der Waals surface area contributed by atoms with Crippen LogP contribution in [0.1, 0.15) is 25.2 Å². The molecule has 0 radical (unpaired) electrons. The molecule has 0 amide bonds. The molecule has 0 saturated heterocycles. The number of esters is 1. The highest BCUT2D eigenvalue weighted by atomic mass is 16.5. The summed E-state index contributed by atoms with van der Waals surface area (Å²) in [5.41, 5.74) is 0. The lowest BCUT2D eigenvalue weighted by molar-refractivity contribution is -0.139. The minimum absolute atomic E-state index is 0.130. The fraction of sp³-hybridized carbons (Fsp3) is 0.667. The summed E-state index contributed by atoms with van der Waals surface area (Å²) in [6.45, 7) is 2.98. The van der Waals surface area contributed by atoms with Crippen LogP contribution in [0.5, 0.6) is 0 Å². The Morgan fingerprint density at radius 2 is 2.53 bits per heavy atom. The number of hydrogen-bond donors (Lipinski definition) is 1. The molecule has 6 heteroatoms. The van der Waals surface area contributed by atoms with E-state index in [0.717, 1.165) is 18.9 Å². The maximum absolute atomic E-state index is 11.0. The van der Waals surface area contributed by atoms with Crippen molar-refractivity contribution in [2.24, 2.45) is 0 Å². The molecule has 2 rings (SSSR count). The summed E-state index contributed by atoms with van der Waals surface area (Å²) in [6, 6.07) is 0.333. The lowest BCUT2D eigenvalue weighted by atomic mass is 10.2. The molecule has 1 aliphatic rings. The van der Waals surface area contributed by atoms with Gasteiger partial charge in [0, 0.05) is 6.54 Å². The van der Waals surface area contributed by atoms with E-state index >= 15 is 0 Å². The quantitative estimate of drug-likeness (QED) is 0.714. The van der Waals surface area contributed by atoms with E-state index in [0.29, 0.717) is 11.9 Å². The summed E-state index contributed by atoms with van der Waals surface area (Å²) in [5, 5.41) is 7.40. The topological polar surface area (TPSA) is 69.0 Å². The number of nitrogens with zero attached hydrogens (tertiary/aromatic N) is 3. The van der Waals surface area contributed by atoms with Gasteiger partial charge in [-0.2, -0.15) is 10.1 Å². The predicted octanol–water partition coefficient (Wildman–Crippen LogP) is 0.370. The Kier molecular flexibility index (Phi) is 2.57. The first kappa shape index (κ1) is 9.95. The molecule has 82 valence electrons. The van der Waals surface area contributed by atoms with Gasteiger partial charge in [-0.25, -0.2) is 4.68 Å². The standard InChI is InChI=1S/C9H14N4O2/c1-6-3-4-10-9-11-7(12-13(6)9)5-8(14)15-2/h6H,3-5H2,1-2H3,(H,10,11,12). The molecular weight excluding hydrogens is 196 g/mol. The largest absolute Gasteiger partial charge is 0.469 e. The van der Waals surface area contributed by atoms with Crippen LogP contribution in [0.2, 0.25) is 0 Å². The Hall–Kier alpha value is -1.59. The number of aromatic nitrogens is 3. The maximum Gasteiger partial charge on any atom is 0.313 e. The third-order valence-electron chi connectivity index (χ3n) is 2.47. The zero-order valence-corrected chi connectivity index (χ0v) is 8.86. The van der Waals surface area contributed by atoms with Gasteiger partial charge in [0.2, 0.25) is 5.95 Å². The molecule has 0 bridgehead atoms. The predicted molar refractivity (Wildman–Crippen MR) is 53.6 cm³/mol. The van der Waals surface area contributed by atoms with E-state index < -0.39 is 0 Å². The van der Waals surface area contributed by atoms with E-state index in [1.165, 1.54) is 7.11 Å². The molecule has 1 atom stereocenters. The van der Waals surface area contributed by atoms with Crippen molar-refractivity contribution in [2.75, 3.05) is 19.0 Å². The first-order valence-corrected chi connectivity index (χ1v) is 4.97. The van der Waals surface area contributed by atoms with E-state index in [2.05, 4.69) is 27.1 Å². The molecule has 1 aromatic heterocycles. The number of anilines is 1. The SMILES string of the molecule is COC(=O)Cc1nc2n(n1)C(C)CCN2. The number of methoxy groups -OCH3 is 1. The van der Waals surface area contributed by atoms with Gasteiger partial charge >= 0.3 is 5.97 Å². The van der Waals surface area contributed by atoms with Crippen LogP contribution < -0.4 is 5.32 Å². The Labute approximate surface area is 87.6 Å². The molecule has 1 unspecified atom stereocenters. The molecule has 0 aromatic carbocycles. The van der Waals surface area contributed by atoms with Crippen molar-refractivity contribution in [3.05, 3.63) is 5.82 Å². The van der Waals surface area contributed by atoms with Crippen LogP contribution in [0.15, 0.2) is 0 Å². The zero-order chi connectivity index (χ0) is 10.8. The number of carbonyl (C=O) groups excluding carboxylic acids is 1. The van der Waals surface area contributed by atoms with E-state index in [1.54, 1.807) is 0 Å². The van der Waals surface area contributed by atoms with E-state index in [4.69, 9.17) is 0 Å². The molecule has 15 heavy (non-hydrogen) atoms. The van der Waals surface area contributed by atoms with Crippen molar-refractivity contribution < 1.29 is 9.53 Å². The summed E-state index contributed by atoms with van der Waals surface area (Å²) >= 11 is 0. The molecule has 1 aliphatic heterocycles. The molecule has 6 nitrogen and oxygen atoms in total. The first-order chi connectivity index (χ1) is 7.20. The van der Waals surface area contributed by atoms with Crippen LogP contribution in [-0.2, 0) is 16.0 Å². The fourth-order valence-electron chi connectivity index (χ4n) is 1.59. The molecule has 0 spiro atoms. The molecule has 0 saturated carbocycles. The van der Waals surface area contributed by atoms with Crippen LogP contribution in [0.25, 0.3) is 0 Å². The summed E-state index contributed by atoms with van der Waals surface area (Å²) in [4.78, 5) is 15.3. The van der Waals surface area contributed by atoms with Crippen molar-refractivity contribution in [2.45, 2.75) is 25.8 Å². The highest BCUT2D eigenvalue weighted by Crippen LogP contribution is 2.20.